The number of allylic oxidation sites excluding steroid dienone is 3. The molecule has 0 atom stereocenters. The van der Waals surface area contributed by atoms with Crippen LogP contribution in [-0.4, -0.2) is 0 Å². The highest BCUT2D eigenvalue weighted by Gasteiger charge is 2.15. The van der Waals surface area contributed by atoms with Gasteiger partial charge in [-0.05, 0) is 41.2 Å². The third-order valence-corrected chi connectivity index (χ3v) is 3.52. The van der Waals surface area contributed by atoms with Gasteiger partial charge in [0.1, 0.15) is 0 Å². The Kier molecular flexibility index (Phi) is 2.64. The van der Waals surface area contributed by atoms with Crippen LogP contribution >= 0.6 is 0 Å². The molecule has 2 aromatic carbocycles. The van der Waals surface area contributed by atoms with Gasteiger partial charge in [0.15, 0.2) is 0 Å². The zero-order valence-electron chi connectivity index (χ0n) is 10.6. The van der Waals surface area contributed by atoms with Crippen molar-refractivity contribution < 1.29 is 0 Å². The van der Waals surface area contributed by atoms with Crippen molar-refractivity contribution in [1.82, 2.24) is 0 Å². The van der Waals surface area contributed by atoms with Gasteiger partial charge in [-0.25, -0.2) is 0 Å². The molecule has 0 aromatic heterocycles. The highest BCUT2D eigenvalue weighted by Crippen LogP contribution is 2.36. The second kappa shape index (κ2) is 4.30. The van der Waals surface area contributed by atoms with Gasteiger partial charge in [0.05, 0.1) is 0 Å². The van der Waals surface area contributed by atoms with Gasteiger partial charge in [-0.2, -0.15) is 0 Å². The molecule has 0 amide bonds. The van der Waals surface area contributed by atoms with E-state index in [9.17, 15) is 0 Å². The molecule has 1 aliphatic rings. The number of aryl methyl sites for hydroxylation is 1. The first kappa shape index (κ1) is 11.0. The van der Waals surface area contributed by atoms with Gasteiger partial charge in [0.2, 0.25) is 0 Å². The summed E-state index contributed by atoms with van der Waals surface area (Å²) in [6.07, 6.45) is 3.29. The summed E-state index contributed by atoms with van der Waals surface area (Å²) < 4.78 is 0. The number of fused-ring (bicyclic) bond motifs is 1. The summed E-state index contributed by atoms with van der Waals surface area (Å²) in [5, 5.41) is 0. The van der Waals surface area contributed by atoms with Crippen LogP contribution in [0.4, 0.5) is 0 Å². The van der Waals surface area contributed by atoms with E-state index in [4.69, 9.17) is 0 Å². The summed E-state index contributed by atoms with van der Waals surface area (Å²) >= 11 is 0. The third-order valence-electron chi connectivity index (χ3n) is 3.52. The molecule has 0 unspecified atom stereocenters. The number of hydrogen-bond acceptors (Lipinski definition) is 0. The molecule has 0 saturated carbocycles. The molecule has 0 N–H and O–H groups in total. The summed E-state index contributed by atoms with van der Waals surface area (Å²) in [6.45, 7) is 6.40. The second-order valence-electron chi connectivity index (χ2n) is 4.83. The van der Waals surface area contributed by atoms with Gasteiger partial charge < -0.3 is 0 Å². The lowest BCUT2D eigenvalue weighted by Gasteiger charge is -2.20. The standard InChI is InChI=1S/C18H16/c1-13-6-5-8-16(12-13)18-11-10-15-7-3-4-9-17(15)14(18)2/h3-9,11-12H,2,10H2,1H3. The molecule has 0 saturated heterocycles. The Hall–Kier alpha value is -2.08. The minimum absolute atomic E-state index is 0.998. The van der Waals surface area contributed by atoms with Crippen LogP contribution in [0.15, 0.2) is 61.2 Å². The van der Waals surface area contributed by atoms with Crippen molar-refractivity contribution in [3.63, 3.8) is 0 Å². The van der Waals surface area contributed by atoms with Crippen molar-refractivity contribution in [2.75, 3.05) is 0 Å². The van der Waals surface area contributed by atoms with Crippen molar-refractivity contribution in [2.45, 2.75) is 13.3 Å². The molecule has 0 fully saturated rings. The molecule has 0 aliphatic heterocycles. The fraction of sp³-hybridized carbons (Fsp3) is 0.111. The van der Waals surface area contributed by atoms with Crippen LogP contribution in [-0.2, 0) is 6.42 Å². The Morgan fingerprint density at radius 2 is 1.83 bits per heavy atom. The fourth-order valence-corrected chi connectivity index (χ4v) is 2.58. The van der Waals surface area contributed by atoms with Gasteiger partial charge in [-0.3, -0.25) is 0 Å². The maximum atomic E-state index is 4.27. The van der Waals surface area contributed by atoms with E-state index in [2.05, 4.69) is 68.1 Å². The van der Waals surface area contributed by atoms with E-state index in [1.165, 1.54) is 27.8 Å². The highest BCUT2D eigenvalue weighted by atomic mass is 14.2. The zero-order valence-corrected chi connectivity index (χ0v) is 10.6. The van der Waals surface area contributed by atoms with E-state index in [0.29, 0.717) is 0 Å². The number of hydrogen-bond donors (Lipinski definition) is 0. The average Bonchev–Trinajstić information content (AvgIpc) is 2.39. The maximum Gasteiger partial charge on any atom is -0.00819 e. The Bertz CT molecular complexity index is 645. The predicted octanol–water partition coefficient (Wildman–Crippen LogP) is 4.65. The van der Waals surface area contributed by atoms with Crippen molar-refractivity contribution in [3.05, 3.63) is 83.4 Å². The Morgan fingerprint density at radius 3 is 2.67 bits per heavy atom. The van der Waals surface area contributed by atoms with E-state index in [0.717, 1.165) is 12.0 Å². The van der Waals surface area contributed by atoms with E-state index >= 15 is 0 Å². The molecular formula is C18H16. The zero-order chi connectivity index (χ0) is 12.5. The topological polar surface area (TPSA) is 0 Å². The number of rotatable bonds is 1. The molecule has 2 aromatic rings. The van der Waals surface area contributed by atoms with E-state index in [1.54, 1.807) is 0 Å². The van der Waals surface area contributed by atoms with Crippen molar-refractivity contribution in [3.8, 4) is 0 Å². The summed E-state index contributed by atoms with van der Waals surface area (Å²) in [7, 11) is 0. The molecule has 1 aliphatic carbocycles. The summed E-state index contributed by atoms with van der Waals surface area (Å²) in [5.41, 5.74) is 7.64. The summed E-state index contributed by atoms with van der Waals surface area (Å²) in [5.74, 6) is 0. The number of benzene rings is 2. The Morgan fingerprint density at radius 1 is 1.00 bits per heavy atom. The van der Waals surface area contributed by atoms with Crippen LogP contribution in [0.5, 0.6) is 0 Å². The molecule has 3 rings (SSSR count). The second-order valence-corrected chi connectivity index (χ2v) is 4.83. The van der Waals surface area contributed by atoms with Crippen LogP contribution in [0.2, 0.25) is 0 Å². The monoisotopic (exact) mass is 232 g/mol. The third kappa shape index (κ3) is 1.80. The minimum Gasteiger partial charge on any atom is -0.0905 e. The van der Waals surface area contributed by atoms with Crippen LogP contribution in [0.25, 0.3) is 11.1 Å². The molecule has 88 valence electrons. The van der Waals surface area contributed by atoms with Gasteiger partial charge in [-0.15, -0.1) is 0 Å². The van der Waals surface area contributed by atoms with Crippen LogP contribution < -0.4 is 0 Å². The molecule has 0 heterocycles. The average molecular weight is 232 g/mol. The first-order chi connectivity index (χ1) is 8.75. The molecular weight excluding hydrogens is 216 g/mol. The lowest BCUT2D eigenvalue weighted by atomic mass is 9.84. The Balaban J connectivity index is 2.07. The molecule has 0 radical (unpaired) electrons. The van der Waals surface area contributed by atoms with Crippen molar-refractivity contribution >= 4 is 11.1 Å². The molecule has 0 bridgehead atoms. The Labute approximate surface area is 108 Å². The molecule has 0 heteroatoms. The molecule has 18 heavy (non-hydrogen) atoms. The first-order valence-electron chi connectivity index (χ1n) is 6.30. The van der Waals surface area contributed by atoms with E-state index < -0.39 is 0 Å². The SMILES string of the molecule is C=C1C(c2cccc(C)c2)=CCc2ccccc21. The van der Waals surface area contributed by atoms with Crippen molar-refractivity contribution in [2.24, 2.45) is 0 Å². The first-order valence-corrected chi connectivity index (χ1v) is 6.30. The maximum absolute atomic E-state index is 4.27. The van der Waals surface area contributed by atoms with E-state index in [1.807, 2.05) is 0 Å². The van der Waals surface area contributed by atoms with Gasteiger partial charge >= 0.3 is 0 Å². The van der Waals surface area contributed by atoms with Crippen LogP contribution in [0.3, 0.4) is 0 Å². The molecule has 0 nitrogen and oxygen atoms in total. The van der Waals surface area contributed by atoms with Crippen LogP contribution in [0.1, 0.15) is 22.3 Å². The molecule has 0 spiro atoms. The minimum atomic E-state index is 0.998. The lowest BCUT2D eigenvalue weighted by Crippen LogP contribution is -2.01. The smallest absolute Gasteiger partial charge is 0.00819 e. The normalized spacial score (nSPS) is 14.1. The predicted molar refractivity (Wildman–Crippen MR) is 78.3 cm³/mol. The quantitative estimate of drug-likeness (QED) is 0.671. The van der Waals surface area contributed by atoms with Crippen LogP contribution in [0, 0.1) is 6.92 Å². The summed E-state index contributed by atoms with van der Waals surface area (Å²) in [4.78, 5) is 0. The lowest BCUT2D eigenvalue weighted by molar-refractivity contribution is 1.23. The summed E-state index contributed by atoms with van der Waals surface area (Å²) in [6, 6.07) is 17.2. The van der Waals surface area contributed by atoms with Crippen molar-refractivity contribution in [1.29, 1.82) is 0 Å². The van der Waals surface area contributed by atoms with Gasteiger partial charge in [0, 0.05) is 0 Å². The van der Waals surface area contributed by atoms with Gasteiger partial charge in [-0.1, -0.05) is 66.7 Å². The fourth-order valence-electron chi connectivity index (χ4n) is 2.58. The largest absolute Gasteiger partial charge is 0.0905 e. The van der Waals surface area contributed by atoms with Gasteiger partial charge in [0.25, 0.3) is 0 Å². The highest BCUT2D eigenvalue weighted by molar-refractivity contribution is 6.06. The van der Waals surface area contributed by atoms with E-state index in [-0.39, 0.29) is 0 Å².